The van der Waals surface area contributed by atoms with E-state index in [2.05, 4.69) is 20.5 Å². The molecule has 0 radical (unpaired) electrons. The lowest BCUT2D eigenvalue weighted by molar-refractivity contribution is -0.119. The third kappa shape index (κ3) is 7.10. The van der Waals surface area contributed by atoms with Crippen molar-refractivity contribution in [2.24, 2.45) is 0 Å². The molecule has 0 aliphatic carbocycles. The molecule has 1 atom stereocenters. The zero-order valence-electron chi connectivity index (χ0n) is 26.0. The second-order valence-corrected chi connectivity index (χ2v) is 12.3. The summed E-state index contributed by atoms with van der Waals surface area (Å²) >= 11 is 14.1. The number of carbonyl (C=O) groups excluding carboxylic acids is 1. The van der Waals surface area contributed by atoms with Crippen molar-refractivity contribution < 1.29 is 14.3 Å². The Balaban J connectivity index is 1.24. The number of ether oxygens (including phenoxy) is 2. The van der Waals surface area contributed by atoms with Gasteiger partial charge < -0.3 is 20.1 Å². The lowest BCUT2D eigenvalue weighted by Crippen LogP contribution is -2.35. The molecule has 2 fully saturated rings. The van der Waals surface area contributed by atoms with Gasteiger partial charge in [-0.1, -0.05) is 66.0 Å². The van der Waals surface area contributed by atoms with Crippen molar-refractivity contribution in [2.75, 3.05) is 33.9 Å². The van der Waals surface area contributed by atoms with Crippen LogP contribution >= 0.6 is 23.2 Å². The first kappa shape index (κ1) is 32.1. The number of amides is 1. The van der Waals surface area contributed by atoms with Crippen molar-refractivity contribution in [3.8, 4) is 45.4 Å². The number of benzene rings is 2. The summed E-state index contributed by atoms with van der Waals surface area (Å²) in [7, 11) is 3.19. The van der Waals surface area contributed by atoms with E-state index in [0.29, 0.717) is 70.5 Å². The van der Waals surface area contributed by atoms with Gasteiger partial charge >= 0.3 is 0 Å². The van der Waals surface area contributed by atoms with Gasteiger partial charge in [0.15, 0.2) is 0 Å². The van der Waals surface area contributed by atoms with Crippen LogP contribution in [0, 0.1) is 0 Å². The Morgan fingerprint density at radius 1 is 0.848 bits per heavy atom. The number of hydrogen-bond acceptors (Lipinski definition) is 9. The van der Waals surface area contributed by atoms with E-state index < -0.39 is 0 Å². The predicted molar refractivity (Wildman–Crippen MR) is 179 cm³/mol. The molecule has 4 heterocycles. The number of halogens is 2. The minimum atomic E-state index is 0.0896. The van der Waals surface area contributed by atoms with Crippen LogP contribution in [0.2, 0.25) is 10.0 Å². The molecule has 6 rings (SSSR count). The second-order valence-electron chi connectivity index (χ2n) is 11.5. The molecule has 2 aliphatic rings. The van der Waals surface area contributed by atoms with Crippen molar-refractivity contribution in [3.05, 3.63) is 70.2 Å². The van der Waals surface area contributed by atoms with Gasteiger partial charge in [0.1, 0.15) is 11.4 Å². The smallest absolute Gasteiger partial charge is 0.237 e. The third-order valence-electron chi connectivity index (χ3n) is 8.44. The van der Waals surface area contributed by atoms with Gasteiger partial charge in [-0.3, -0.25) is 19.7 Å². The van der Waals surface area contributed by atoms with E-state index in [1.54, 1.807) is 26.6 Å². The molecule has 240 valence electrons. The van der Waals surface area contributed by atoms with Crippen LogP contribution in [0.25, 0.3) is 33.6 Å². The van der Waals surface area contributed by atoms with Crippen LogP contribution in [0.5, 0.6) is 11.8 Å². The maximum absolute atomic E-state index is 11.5. The van der Waals surface area contributed by atoms with Gasteiger partial charge in [-0.25, -0.2) is 9.97 Å². The molecule has 2 N–H and O–H groups in total. The Hall–Kier alpha value is -3.83. The molecule has 2 aliphatic heterocycles. The van der Waals surface area contributed by atoms with Crippen LogP contribution in [0.4, 0.5) is 0 Å². The summed E-state index contributed by atoms with van der Waals surface area (Å²) in [5.41, 5.74) is 5.60. The molecule has 46 heavy (non-hydrogen) atoms. The van der Waals surface area contributed by atoms with Gasteiger partial charge in [0, 0.05) is 54.4 Å². The number of carbonyl (C=O) groups is 1. The van der Waals surface area contributed by atoms with E-state index >= 15 is 0 Å². The van der Waals surface area contributed by atoms with Crippen LogP contribution in [0.1, 0.15) is 43.5 Å². The Morgan fingerprint density at radius 2 is 1.41 bits per heavy atom. The summed E-state index contributed by atoms with van der Waals surface area (Å²) in [6, 6.07) is 11.6. The fourth-order valence-corrected chi connectivity index (χ4v) is 6.66. The molecule has 2 aromatic carbocycles. The Kier molecular flexibility index (Phi) is 10.3. The molecule has 0 bridgehead atoms. The third-order valence-corrected chi connectivity index (χ3v) is 9.25. The number of nitrogens with zero attached hydrogens (tertiary/aromatic N) is 5. The van der Waals surface area contributed by atoms with Gasteiger partial charge in [-0.2, -0.15) is 0 Å². The molecule has 0 spiro atoms. The highest BCUT2D eigenvalue weighted by molar-refractivity contribution is 6.39. The zero-order valence-corrected chi connectivity index (χ0v) is 27.5. The van der Waals surface area contributed by atoms with E-state index in [4.69, 9.17) is 47.6 Å². The highest BCUT2D eigenvalue weighted by atomic mass is 35.5. The van der Waals surface area contributed by atoms with Crippen molar-refractivity contribution in [2.45, 2.75) is 51.2 Å². The van der Waals surface area contributed by atoms with E-state index in [0.717, 1.165) is 41.9 Å². The number of hydrogen-bond donors (Lipinski definition) is 2. The van der Waals surface area contributed by atoms with Crippen LogP contribution < -0.4 is 20.1 Å². The first-order valence-corrected chi connectivity index (χ1v) is 16.3. The molecule has 2 saturated heterocycles. The molecule has 1 unspecified atom stereocenters. The first-order valence-electron chi connectivity index (χ1n) is 15.6. The second kappa shape index (κ2) is 14.7. The molecule has 4 aromatic rings. The van der Waals surface area contributed by atoms with E-state index in [1.165, 1.54) is 19.3 Å². The minimum absolute atomic E-state index is 0.0896. The minimum Gasteiger partial charge on any atom is -0.480 e. The fraction of sp³-hybridized carbons (Fsp3) is 0.382. The summed E-state index contributed by atoms with van der Waals surface area (Å²) in [6.07, 6.45) is 8.50. The van der Waals surface area contributed by atoms with Gasteiger partial charge in [0.05, 0.1) is 48.0 Å². The molecular formula is C34H37Cl2N7O3. The summed E-state index contributed by atoms with van der Waals surface area (Å²) in [5.74, 6) is 0.992. The van der Waals surface area contributed by atoms with Gasteiger partial charge in [-0.15, -0.1) is 0 Å². The number of aromatic nitrogens is 4. The van der Waals surface area contributed by atoms with Crippen LogP contribution in [-0.2, 0) is 17.9 Å². The van der Waals surface area contributed by atoms with Crippen molar-refractivity contribution in [3.63, 3.8) is 0 Å². The molecular weight excluding hydrogens is 625 g/mol. The van der Waals surface area contributed by atoms with Crippen LogP contribution in [-0.4, -0.2) is 70.6 Å². The number of methoxy groups -OCH3 is 2. The van der Waals surface area contributed by atoms with Crippen LogP contribution in [0.3, 0.4) is 0 Å². The topological polar surface area (TPSA) is 114 Å². The summed E-state index contributed by atoms with van der Waals surface area (Å²) in [5, 5.41) is 7.28. The standard InChI is InChI=1S/C34H37Cl2N7O3/c1-45-33-28(17-37-16-21-12-13-30(44)40-21)38-18-26(41-33)24-10-6-8-22(31(24)35)23-9-7-11-25(32(23)36)27-19-39-29(34(42-27)46-2)20-43-14-4-3-5-15-43/h6-11,18-19,21,37H,3-5,12-17,20H2,1-2H3,(H,40,44). The number of piperidine rings is 1. The van der Waals surface area contributed by atoms with Crippen molar-refractivity contribution in [1.82, 2.24) is 35.5 Å². The average molecular weight is 663 g/mol. The van der Waals surface area contributed by atoms with E-state index in [9.17, 15) is 4.79 Å². The van der Waals surface area contributed by atoms with Gasteiger partial charge in [0.2, 0.25) is 17.7 Å². The molecule has 1 amide bonds. The molecule has 10 nitrogen and oxygen atoms in total. The van der Waals surface area contributed by atoms with Gasteiger partial charge in [0.25, 0.3) is 0 Å². The molecule has 12 heteroatoms. The largest absolute Gasteiger partial charge is 0.480 e. The lowest BCUT2D eigenvalue weighted by atomic mass is 9.98. The summed E-state index contributed by atoms with van der Waals surface area (Å²) in [4.78, 5) is 32.8. The number of nitrogens with one attached hydrogen (secondary N) is 2. The highest BCUT2D eigenvalue weighted by Gasteiger charge is 2.22. The lowest BCUT2D eigenvalue weighted by Gasteiger charge is -2.26. The average Bonchev–Trinajstić information content (AvgIpc) is 3.50. The van der Waals surface area contributed by atoms with E-state index in [1.807, 2.05) is 36.4 Å². The normalized spacial score (nSPS) is 16.8. The highest BCUT2D eigenvalue weighted by Crippen LogP contribution is 2.42. The summed E-state index contributed by atoms with van der Waals surface area (Å²) < 4.78 is 11.2. The first-order chi connectivity index (χ1) is 22.4. The van der Waals surface area contributed by atoms with Gasteiger partial charge in [-0.05, 0) is 32.4 Å². The number of likely N-dealkylation sites (tertiary alicyclic amines) is 1. The quantitative estimate of drug-likeness (QED) is 0.201. The monoisotopic (exact) mass is 661 g/mol. The SMILES string of the molecule is COc1nc(-c2cccc(-c3cccc(-c4cnc(CN5CCCCC5)c(OC)n4)c3Cl)c2Cl)cnc1CNCC1CCC(=O)N1. The van der Waals surface area contributed by atoms with Crippen LogP contribution in [0.15, 0.2) is 48.8 Å². The Morgan fingerprint density at radius 3 is 1.98 bits per heavy atom. The maximum atomic E-state index is 11.5. The predicted octanol–water partition coefficient (Wildman–Crippen LogP) is 5.95. The van der Waals surface area contributed by atoms with Crippen molar-refractivity contribution in [1.29, 1.82) is 0 Å². The van der Waals surface area contributed by atoms with E-state index in [-0.39, 0.29) is 11.9 Å². The zero-order chi connectivity index (χ0) is 32.0. The number of rotatable bonds is 11. The molecule has 0 saturated carbocycles. The summed E-state index contributed by atoms with van der Waals surface area (Å²) in [6.45, 7) is 3.92. The fourth-order valence-electron chi connectivity index (χ4n) is 6.01. The Bertz CT molecular complexity index is 1710. The molecule has 2 aromatic heterocycles. The van der Waals surface area contributed by atoms with Crippen molar-refractivity contribution >= 4 is 29.1 Å². The maximum Gasteiger partial charge on any atom is 0.237 e. The Labute approximate surface area is 278 Å².